The highest BCUT2D eigenvalue weighted by Gasteiger charge is 2.08. The molecule has 0 atom stereocenters. The molecule has 1 aromatic heterocycles. The van der Waals surface area contributed by atoms with Crippen LogP contribution in [0.25, 0.3) is 0 Å². The third-order valence-electron chi connectivity index (χ3n) is 3.91. The highest BCUT2D eigenvalue weighted by molar-refractivity contribution is 6.30. The summed E-state index contributed by atoms with van der Waals surface area (Å²) in [6.07, 6.45) is 0.406. The average Bonchev–Trinajstić information content (AvgIpc) is 2.56. The van der Waals surface area contributed by atoms with Crippen LogP contribution < -0.4 is 10.9 Å². The van der Waals surface area contributed by atoms with E-state index in [1.165, 1.54) is 0 Å². The van der Waals surface area contributed by atoms with E-state index in [0.29, 0.717) is 23.1 Å². The number of H-pyrrole nitrogens is 1. The normalized spacial score (nSPS) is 10.6. The third-order valence-corrected chi connectivity index (χ3v) is 4.16. The van der Waals surface area contributed by atoms with E-state index < -0.39 is 0 Å². The molecule has 2 aromatic carbocycles. The van der Waals surface area contributed by atoms with Crippen molar-refractivity contribution in [3.8, 4) is 0 Å². The maximum atomic E-state index is 12.2. The maximum Gasteiger partial charge on any atom is 0.274 e. The Morgan fingerprint density at radius 2 is 1.83 bits per heavy atom. The summed E-state index contributed by atoms with van der Waals surface area (Å²) in [5, 5.41) is 11.9. The lowest BCUT2D eigenvalue weighted by Crippen LogP contribution is -2.19. The molecule has 0 amide bonds. The Morgan fingerprint density at radius 3 is 2.54 bits per heavy atom. The van der Waals surface area contributed by atoms with Crippen LogP contribution in [0.4, 0.5) is 11.6 Å². The highest BCUT2D eigenvalue weighted by atomic mass is 35.5. The van der Waals surface area contributed by atoms with E-state index >= 15 is 0 Å². The first-order valence-corrected chi connectivity index (χ1v) is 7.94. The molecule has 0 aliphatic rings. The monoisotopic (exact) mass is 340 g/mol. The van der Waals surface area contributed by atoms with Gasteiger partial charge in [0.15, 0.2) is 0 Å². The van der Waals surface area contributed by atoms with Crippen LogP contribution in [0, 0.1) is 13.8 Å². The number of aromatic amines is 1. The quantitative estimate of drug-likeness (QED) is 0.758. The molecule has 0 saturated carbocycles. The van der Waals surface area contributed by atoms with Crippen molar-refractivity contribution >= 4 is 23.2 Å². The number of hydrogen-bond donors (Lipinski definition) is 2. The van der Waals surface area contributed by atoms with Crippen LogP contribution in [0.3, 0.4) is 0 Å². The molecule has 0 unspecified atom stereocenters. The third kappa shape index (κ3) is 3.63. The molecular formula is C18H17ClN4O. The fourth-order valence-electron chi connectivity index (χ4n) is 2.34. The van der Waals surface area contributed by atoms with Crippen LogP contribution in [0.5, 0.6) is 0 Å². The fraction of sp³-hybridized carbons (Fsp3) is 0.167. The summed E-state index contributed by atoms with van der Waals surface area (Å²) in [7, 11) is 0. The molecule has 5 nitrogen and oxygen atoms in total. The molecule has 0 bridgehead atoms. The smallest absolute Gasteiger partial charge is 0.274 e. The number of hydrogen-bond acceptors (Lipinski definition) is 4. The zero-order chi connectivity index (χ0) is 17.1. The minimum Gasteiger partial charge on any atom is -0.324 e. The molecule has 1 heterocycles. The summed E-state index contributed by atoms with van der Waals surface area (Å²) in [5.41, 5.74) is 4.22. The second kappa shape index (κ2) is 6.84. The second-order valence-corrected chi connectivity index (χ2v) is 6.06. The predicted octanol–water partition coefficient (Wildman–Crippen LogP) is 3.77. The zero-order valence-corrected chi connectivity index (χ0v) is 14.2. The molecule has 6 heteroatoms. The summed E-state index contributed by atoms with van der Waals surface area (Å²) < 4.78 is 0. The van der Waals surface area contributed by atoms with Gasteiger partial charge < -0.3 is 5.32 Å². The van der Waals surface area contributed by atoms with Gasteiger partial charge in [0.25, 0.3) is 5.56 Å². The van der Waals surface area contributed by atoms with Crippen molar-refractivity contribution in [1.82, 2.24) is 15.2 Å². The molecule has 0 saturated heterocycles. The molecule has 0 aliphatic heterocycles. The second-order valence-electron chi connectivity index (χ2n) is 5.63. The zero-order valence-electron chi connectivity index (χ0n) is 13.4. The molecule has 2 N–H and O–H groups in total. The van der Waals surface area contributed by atoms with Gasteiger partial charge in [0.1, 0.15) is 5.69 Å². The first-order valence-electron chi connectivity index (χ1n) is 7.56. The van der Waals surface area contributed by atoms with Crippen molar-refractivity contribution in [2.45, 2.75) is 20.3 Å². The molecule has 3 aromatic rings. The Balaban J connectivity index is 1.81. The SMILES string of the molecule is Cc1cccc(Nc2nnc(Cc3ccc(Cl)cc3)c(=O)[nH]2)c1C. The first-order chi connectivity index (χ1) is 11.5. The van der Waals surface area contributed by atoms with E-state index in [9.17, 15) is 4.79 Å². The largest absolute Gasteiger partial charge is 0.324 e. The molecule has 24 heavy (non-hydrogen) atoms. The van der Waals surface area contributed by atoms with Gasteiger partial charge in [-0.15, -0.1) is 10.2 Å². The summed E-state index contributed by atoms with van der Waals surface area (Å²) in [6.45, 7) is 4.04. The van der Waals surface area contributed by atoms with Gasteiger partial charge >= 0.3 is 0 Å². The maximum absolute atomic E-state index is 12.2. The Morgan fingerprint density at radius 1 is 1.08 bits per heavy atom. The van der Waals surface area contributed by atoms with Crippen molar-refractivity contribution < 1.29 is 0 Å². The number of benzene rings is 2. The average molecular weight is 341 g/mol. The number of nitrogens with zero attached hydrogens (tertiary/aromatic N) is 2. The van der Waals surface area contributed by atoms with Gasteiger partial charge in [-0.05, 0) is 48.7 Å². The summed E-state index contributed by atoms with van der Waals surface area (Å²) >= 11 is 5.86. The van der Waals surface area contributed by atoms with E-state index in [4.69, 9.17) is 11.6 Å². The van der Waals surface area contributed by atoms with Gasteiger partial charge in [-0.2, -0.15) is 0 Å². The van der Waals surface area contributed by atoms with Crippen LogP contribution in [-0.2, 0) is 6.42 Å². The lowest BCUT2D eigenvalue weighted by molar-refractivity contribution is 0.873. The van der Waals surface area contributed by atoms with Crippen molar-refractivity contribution in [3.05, 3.63) is 80.2 Å². The molecule has 0 fully saturated rings. The van der Waals surface area contributed by atoms with Gasteiger partial charge in [0.2, 0.25) is 5.95 Å². The minimum atomic E-state index is -0.257. The number of halogens is 1. The lowest BCUT2D eigenvalue weighted by atomic mass is 10.1. The Bertz CT molecular complexity index is 919. The van der Waals surface area contributed by atoms with Crippen LogP contribution in [0.15, 0.2) is 47.3 Å². The van der Waals surface area contributed by atoms with Crippen molar-refractivity contribution in [1.29, 1.82) is 0 Å². The molecule has 0 spiro atoms. The van der Waals surface area contributed by atoms with E-state index in [0.717, 1.165) is 22.4 Å². The molecular weight excluding hydrogens is 324 g/mol. The van der Waals surface area contributed by atoms with E-state index in [1.807, 2.05) is 44.2 Å². The van der Waals surface area contributed by atoms with Crippen LogP contribution >= 0.6 is 11.6 Å². The van der Waals surface area contributed by atoms with Crippen molar-refractivity contribution in [2.24, 2.45) is 0 Å². The standard InChI is InChI=1S/C18H17ClN4O/c1-11-4-3-5-15(12(11)2)20-18-21-17(24)16(22-23-18)10-13-6-8-14(19)9-7-13/h3-9H,10H2,1-2H3,(H2,20,21,23,24). The Hall–Kier alpha value is -2.66. The van der Waals surface area contributed by atoms with Crippen molar-refractivity contribution in [2.75, 3.05) is 5.32 Å². The van der Waals surface area contributed by atoms with Gasteiger partial charge in [0.05, 0.1) is 0 Å². The van der Waals surface area contributed by atoms with Gasteiger partial charge in [-0.3, -0.25) is 9.78 Å². The van der Waals surface area contributed by atoms with Crippen LogP contribution in [0.2, 0.25) is 5.02 Å². The topological polar surface area (TPSA) is 70.7 Å². The van der Waals surface area contributed by atoms with Gasteiger partial charge in [-0.1, -0.05) is 35.9 Å². The summed E-state index contributed by atoms with van der Waals surface area (Å²) in [4.78, 5) is 15.0. The number of aryl methyl sites for hydroxylation is 1. The van der Waals surface area contributed by atoms with Gasteiger partial charge in [-0.25, -0.2) is 0 Å². The molecule has 3 rings (SSSR count). The van der Waals surface area contributed by atoms with Crippen LogP contribution in [-0.4, -0.2) is 15.2 Å². The number of nitrogens with one attached hydrogen (secondary N) is 2. The minimum absolute atomic E-state index is 0.257. The lowest BCUT2D eigenvalue weighted by Gasteiger charge is -2.10. The first kappa shape index (κ1) is 16.2. The summed E-state index contributed by atoms with van der Waals surface area (Å²) in [6, 6.07) is 13.2. The van der Waals surface area contributed by atoms with E-state index in [1.54, 1.807) is 12.1 Å². The highest BCUT2D eigenvalue weighted by Crippen LogP contribution is 2.20. The van der Waals surface area contributed by atoms with E-state index in [-0.39, 0.29) is 5.56 Å². The Kier molecular flexibility index (Phi) is 4.62. The molecule has 0 aliphatic carbocycles. The van der Waals surface area contributed by atoms with Crippen LogP contribution in [0.1, 0.15) is 22.4 Å². The molecule has 122 valence electrons. The van der Waals surface area contributed by atoms with Crippen molar-refractivity contribution in [3.63, 3.8) is 0 Å². The van der Waals surface area contributed by atoms with Gasteiger partial charge in [0, 0.05) is 17.1 Å². The predicted molar refractivity (Wildman–Crippen MR) is 96.1 cm³/mol. The summed E-state index contributed by atoms with van der Waals surface area (Å²) in [5.74, 6) is 0.327. The molecule has 0 radical (unpaired) electrons. The fourth-order valence-corrected chi connectivity index (χ4v) is 2.47. The number of anilines is 2. The number of aromatic nitrogens is 3. The Labute approximate surface area is 144 Å². The van der Waals surface area contributed by atoms with E-state index in [2.05, 4.69) is 20.5 Å². The number of rotatable bonds is 4.